The van der Waals surface area contributed by atoms with Crippen LogP contribution in [0.3, 0.4) is 0 Å². The monoisotopic (exact) mass is 399 g/mol. The summed E-state index contributed by atoms with van der Waals surface area (Å²) < 4.78 is 49.7. The molecule has 0 fully saturated rings. The molecule has 10 heteroatoms. The average Bonchev–Trinajstić information content (AvgIpc) is 3.09. The molecule has 1 aromatic heterocycles. The number of amides is 1. The lowest BCUT2D eigenvalue weighted by atomic mass is 10.0. The zero-order valence-electron chi connectivity index (χ0n) is 15.7. The van der Waals surface area contributed by atoms with Gasteiger partial charge in [0.25, 0.3) is 5.91 Å². The second-order valence-electron chi connectivity index (χ2n) is 6.26. The molecule has 1 atom stereocenters. The van der Waals surface area contributed by atoms with E-state index in [1.807, 2.05) is 0 Å². The molecular weight excluding hydrogens is 379 g/mol. The first-order chi connectivity index (χ1) is 13.1. The fourth-order valence-corrected chi connectivity index (χ4v) is 2.46. The molecule has 0 radical (unpaired) electrons. The fraction of sp³-hybridized carbons (Fsp3) is 0.389. The summed E-state index contributed by atoms with van der Waals surface area (Å²) >= 11 is 0. The van der Waals surface area contributed by atoms with E-state index in [4.69, 9.17) is 4.74 Å². The third-order valence-electron chi connectivity index (χ3n) is 3.96. The Bertz CT molecular complexity index is 862. The summed E-state index contributed by atoms with van der Waals surface area (Å²) in [7, 11) is 2.50. The Morgan fingerprint density at radius 1 is 1.21 bits per heavy atom. The van der Waals surface area contributed by atoms with E-state index in [0.717, 1.165) is 16.8 Å². The highest BCUT2D eigenvalue weighted by Crippen LogP contribution is 2.30. The smallest absolute Gasteiger partial charge is 0.416 e. The van der Waals surface area contributed by atoms with E-state index >= 15 is 0 Å². The molecule has 152 valence electrons. The van der Waals surface area contributed by atoms with Gasteiger partial charge in [-0.3, -0.25) is 4.79 Å². The molecule has 0 saturated heterocycles. The Morgan fingerprint density at radius 2 is 1.89 bits per heavy atom. The van der Waals surface area contributed by atoms with Gasteiger partial charge in [0.15, 0.2) is 11.4 Å². The molecule has 1 amide bonds. The predicted molar refractivity (Wildman–Crippen MR) is 93.2 cm³/mol. The second kappa shape index (κ2) is 8.32. The highest BCUT2D eigenvalue weighted by molar-refractivity contribution is 5.97. The highest BCUT2D eigenvalue weighted by Gasteiger charge is 2.31. The maximum atomic E-state index is 12.9. The van der Waals surface area contributed by atoms with Gasteiger partial charge in [-0.2, -0.15) is 18.3 Å². The van der Waals surface area contributed by atoms with Gasteiger partial charge in [-0.05, 0) is 24.1 Å². The van der Waals surface area contributed by atoms with Crippen molar-refractivity contribution >= 4 is 11.9 Å². The molecule has 1 aromatic carbocycles. The lowest BCUT2D eigenvalue weighted by molar-refractivity contribution is -0.144. The second-order valence-corrected chi connectivity index (χ2v) is 6.26. The van der Waals surface area contributed by atoms with Crippen LogP contribution in [0.15, 0.2) is 30.5 Å². The lowest BCUT2D eigenvalue weighted by Gasteiger charge is -2.19. The van der Waals surface area contributed by atoms with E-state index in [0.29, 0.717) is 0 Å². The Hall–Kier alpha value is -3.04. The molecule has 0 unspecified atom stereocenters. The number of esters is 1. The largest absolute Gasteiger partial charge is 0.493 e. The number of ether oxygens (including phenoxy) is 2. The summed E-state index contributed by atoms with van der Waals surface area (Å²) in [5.74, 6) is -1.55. The van der Waals surface area contributed by atoms with E-state index in [1.165, 1.54) is 32.5 Å². The van der Waals surface area contributed by atoms with Crippen molar-refractivity contribution in [3.63, 3.8) is 0 Å². The Kier molecular flexibility index (Phi) is 6.32. The van der Waals surface area contributed by atoms with Crippen molar-refractivity contribution in [1.29, 1.82) is 0 Å². The number of hydrogen-bond donors (Lipinski definition) is 1. The van der Waals surface area contributed by atoms with Crippen molar-refractivity contribution in [2.24, 2.45) is 5.92 Å². The van der Waals surface area contributed by atoms with Gasteiger partial charge >= 0.3 is 12.1 Å². The minimum absolute atomic E-state index is 0.0438. The summed E-state index contributed by atoms with van der Waals surface area (Å²) in [5.41, 5.74) is -0.925. The average molecular weight is 399 g/mol. The lowest BCUT2D eigenvalue weighted by Crippen LogP contribution is -2.45. The van der Waals surface area contributed by atoms with Gasteiger partial charge in [0, 0.05) is 0 Å². The maximum absolute atomic E-state index is 12.9. The van der Waals surface area contributed by atoms with Gasteiger partial charge < -0.3 is 14.8 Å². The molecule has 7 nitrogen and oxygen atoms in total. The molecule has 0 aliphatic rings. The molecule has 0 bridgehead atoms. The van der Waals surface area contributed by atoms with E-state index < -0.39 is 29.7 Å². The molecule has 0 spiro atoms. The van der Waals surface area contributed by atoms with Crippen molar-refractivity contribution in [2.45, 2.75) is 26.1 Å². The molecule has 0 aliphatic heterocycles. The number of aromatic nitrogens is 2. The molecule has 28 heavy (non-hydrogen) atoms. The minimum Gasteiger partial charge on any atom is -0.493 e. The number of benzene rings is 1. The number of alkyl halides is 3. The van der Waals surface area contributed by atoms with Gasteiger partial charge in [-0.15, -0.1) is 0 Å². The Labute approximate surface area is 159 Å². The van der Waals surface area contributed by atoms with Crippen molar-refractivity contribution in [1.82, 2.24) is 15.1 Å². The molecule has 0 aliphatic carbocycles. The van der Waals surface area contributed by atoms with E-state index in [-0.39, 0.29) is 23.0 Å². The standard InChI is InChI=1S/C18H20F3N3O4/c1-10(2)14(17(26)28-4)22-16(25)15-13(27-3)9-24(23-15)12-7-5-6-11(8-12)18(19,20)21/h5-10,14H,1-4H3,(H,22,25)/t14-/m0/s1. The SMILES string of the molecule is COC(=O)[C@@H](NC(=O)c1nn(-c2cccc(C(F)(F)F)c2)cc1OC)C(C)C. The van der Waals surface area contributed by atoms with Crippen molar-refractivity contribution in [3.05, 3.63) is 41.7 Å². The molecule has 2 rings (SSSR count). The number of carbonyl (C=O) groups is 2. The number of methoxy groups -OCH3 is 2. The van der Waals surface area contributed by atoms with Gasteiger partial charge in [-0.25, -0.2) is 9.48 Å². The van der Waals surface area contributed by atoms with E-state index in [9.17, 15) is 22.8 Å². The van der Waals surface area contributed by atoms with Gasteiger partial charge in [0.2, 0.25) is 0 Å². The number of carbonyl (C=O) groups excluding carboxylic acids is 2. The first-order valence-corrected chi connectivity index (χ1v) is 8.28. The summed E-state index contributed by atoms with van der Waals surface area (Å²) in [5, 5.41) is 6.54. The van der Waals surface area contributed by atoms with Crippen molar-refractivity contribution in [2.75, 3.05) is 14.2 Å². The Balaban J connectivity index is 2.37. The maximum Gasteiger partial charge on any atom is 0.416 e. The van der Waals surface area contributed by atoms with E-state index in [2.05, 4.69) is 15.2 Å². The highest BCUT2D eigenvalue weighted by atomic mass is 19.4. The van der Waals surface area contributed by atoms with Crippen LogP contribution >= 0.6 is 0 Å². The third-order valence-corrected chi connectivity index (χ3v) is 3.96. The van der Waals surface area contributed by atoms with E-state index in [1.54, 1.807) is 13.8 Å². The van der Waals surface area contributed by atoms with Crippen LogP contribution in [0.2, 0.25) is 0 Å². The number of nitrogens with zero attached hydrogens (tertiary/aromatic N) is 2. The number of rotatable bonds is 6. The van der Waals surface area contributed by atoms with Gasteiger partial charge in [0.05, 0.1) is 31.7 Å². The Morgan fingerprint density at radius 3 is 2.43 bits per heavy atom. The van der Waals surface area contributed by atoms with Crippen LogP contribution in [-0.2, 0) is 15.7 Å². The normalized spacial score (nSPS) is 12.6. The first-order valence-electron chi connectivity index (χ1n) is 8.28. The summed E-state index contributed by atoms with van der Waals surface area (Å²) in [6.45, 7) is 3.45. The van der Waals surface area contributed by atoms with Crippen LogP contribution in [0.1, 0.15) is 29.9 Å². The molecule has 0 saturated carbocycles. The first kappa shape index (κ1) is 21.3. The predicted octanol–water partition coefficient (Wildman–Crippen LogP) is 2.83. The zero-order valence-corrected chi connectivity index (χ0v) is 15.7. The van der Waals surface area contributed by atoms with Gasteiger partial charge in [-0.1, -0.05) is 19.9 Å². The molecular formula is C18H20F3N3O4. The summed E-state index contributed by atoms with van der Waals surface area (Å²) in [6, 6.07) is 3.56. The van der Waals surface area contributed by atoms with Crippen LogP contribution in [0.4, 0.5) is 13.2 Å². The quantitative estimate of drug-likeness (QED) is 0.756. The molecule has 1 N–H and O–H groups in total. The molecule has 1 heterocycles. The van der Waals surface area contributed by atoms with Crippen LogP contribution in [0.25, 0.3) is 5.69 Å². The third kappa shape index (κ3) is 4.62. The number of nitrogens with one attached hydrogen (secondary N) is 1. The summed E-state index contributed by atoms with van der Waals surface area (Å²) in [6.07, 6.45) is -3.23. The molecule has 2 aromatic rings. The summed E-state index contributed by atoms with van der Waals surface area (Å²) in [4.78, 5) is 24.4. The van der Waals surface area contributed by atoms with Crippen molar-refractivity contribution < 1.29 is 32.2 Å². The van der Waals surface area contributed by atoms with Crippen LogP contribution in [0.5, 0.6) is 5.75 Å². The minimum atomic E-state index is -4.52. The van der Waals surface area contributed by atoms with Crippen LogP contribution in [-0.4, -0.2) is 41.9 Å². The topological polar surface area (TPSA) is 82.5 Å². The zero-order chi connectivity index (χ0) is 21.1. The van der Waals surface area contributed by atoms with Crippen molar-refractivity contribution in [3.8, 4) is 11.4 Å². The number of halogens is 3. The van der Waals surface area contributed by atoms with Gasteiger partial charge in [0.1, 0.15) is 6.04 Å². The van der Waals surface area contributed by atoms with Crippen LogP contribution < -0.4 is 10.1 Å². The number of hydrogen-bond acceptors (Lipinski definition) is 5. The fourth-order valence-electron chi connectivity index (χ4n) is 2.46. The van der Waals surface area contributed by atoms with Crippen LogP contribution in [0, 0.1) is 5.92 Å².